The first-order valence-corrected chi connectivity index (χ1v) is 15.8. The Morgan fingerprint density at radius 3 is 2.52 bits per heavy atom. The van der Waals surface area contributed by atoms with Gasteiger partial charge in [-0.3, -0.25) is 0 Å². The number of benzene rings is 2. The molecule has 4 rings (SSSR count). The third kappa shape index (κ3) is 2.56. The fraction of sp³-hybridized carbons (Fsp3) is 0.238. The van der Waals surface area contributed by atoms with Gasteiger partial charge in [0.15, 0.2) is 0 Å². The molecular formula is C21H25SiTi. The van der Waals surface area contributed by atoms with Gasteiger partial charge in [-0.25, -0.2) is 0 Å². The molecule has 0 saturated carbocycles. The Morgan fingerprint density at radius 1 is 1.00 bits per heavy atom. The molecule has 0 aliphatic heterocycles. The molecule has 0 nitrogen and oxygen atoms in total. The Hall–Kier alpha value is -1.15. The first-order valence-electron chi connectivity index (χ1n) is 8.61. The fourth-order valence-electron chi connectivity index (χ4n) is 4.17. The summed E-state index contributed by atoms with van der Waals surface area (Å²) in [6.45, 7) is 6.82. The molecule has 0 bridgehead atoms. The van der Waals surface area contributed by atoms with E-state index >= 15 is 0 Å². The average molecular weight is 353 g/mol. The van der Waals surface area contributed by atoms with E-state index in [-0.39, 0.29) is 2.85 Å². The van der Waals surface area contributed by atoms with Crippen molar-refractivity contribution in [3.05, 3.63) is 75.2 Å². The van der Waals surface area contributed by atoms with E-state index in [0.717, 1.165) is 6.42 Å². The van der Waals surface area contributed by atoms with E-state index in [1.165, 1.54) is 23.1 Å². The summed E-state index contributed by atoms with van der Waals surface area (Å²) < 4.78 is 3.62. The number of hydrogen-bond acceptors (Lipinski definition) is 0. The first-order chi connectivity index (χ1) is 11.2. The van der Waals surface area contributed by atoms with Crippen molar-refractivity contribution in [2.24, 2.45) is 0 Å². The molecule has 2 aliphatic rings. The van der Waals surface area contributed by atoms with Gasteiger partial charge in [0.05, 0.1) is 0 Å². The SMILES string of the molecule is CC1=[C]([Ti+2]([c]2cccc3c2Cc2ccccc2-3)[SiH](C)C)CC=C1.[H-].[H-]. The van der Waals surface area contributed by atoms with Crippen molar-refractivity contribution in [2.75, 3.05) is 0 Å². The normalized spacial score (nSPS) is 15.3. The van der Waals surface area contributed by atoms with E-state index in [4.69, 9.17) is 0 Å². The van der Waals surface area contributed by atoms with Crippen molar-refractivity contribution >= 4 is 10.5 Å². The number of fused-ring (bicyclic) bond motifs is 3. The summed E-state index contributed by atoms with van der Waals surface area (Å²) in [6, 6.07) is 16.1. The molecule has 0 atom stereocenters. The molecular weight excluding hydrogens is 328 g/mol. The fourth-order valence-corrected chi connectivity index (χ4v) is 17.3. The van der Waals surface area contributed by atoms with Gasteiger partial charge in [0, 0.05) is 0 Å². The predicted octanol–water partition coefficient (Wildman–Crippen LogP) is 4.94. The molecule has 0 fully saturated rings. The summed E-state index contributed by atoms with van der Waals surface area (Å²) in [7, 11) is 0. The molecule has 0 spiro atoms. The van der Waals surface area contributed by atoms with Crippen molar-refractivity contribution in [1.29, 1.82) is 0 Å². The zero-order valence-electron chi connectivity index (χ0n) is 16.2. The predicted molar refractivity (Wildman–Crippen MR) is 102 cm³/mol. The van der Waals surface area contributed by atoms with Gasteiger partial charge in [-0.2, -0.15) is 0 Å². The smallest absolute Gasteiger partial charge is 1.00 e. The minimum atomic E-state index is -1.33. The van der Waals surface area contributed by atoms with E-state index < -0.39 is 23.8 Å². The van der Waals surface area contributed by atoms with Crippen LogP contribution in [-0.4, -0.2) is 6.66 Å². The van der Waals surface area contributed by atoms with Gasteiger partial charge >= 0.3 is 147 Å². The van der Waals surface area contributed by atoms with E-state index in [0.29, 0.717) is 0 Å². The summed E-state index contributed by atoms with van der Waals surface area (Å²) in [5.74, 6) is 0. The first kappa shape index (κ1) is 15.4. The molecule has 23 heavy (non-hydrogen) atoms. The largest absolute Gasteiger partial charge is 1.00 e. The van der Waals surface area contributed by atoms with Crippen molar-refractivity contribution in [3.63, 3.8) is 0 Å². The summed E-state index contributed by atoms with van der Waals surface area (Å²) in [4.78, 5) is 0. The topological polar surface area (TPSA) is 0 Å². The van der Waals surface area contributed by atoms with Gasteiger partial charge in [0.1, 0.15) is 0 Å². The minimum Gasteiger partial charge on any atom is -1.00 e. The molecule has 0 unspecified atom stereocenters. The van der Waals surface area contributed by atoms with Gasteiger partial charge in [-0.05, 0) is 0 Å². The van der Waals surface area contributed by atoms with Crippen LogP contribution in [0.1, 0.15) is 27.3 Å². The second-order valence-corrected chi connectivity index (χ2v) is 20.2. The van der Waals surface area contributed by atoms with Crippen LogP contribution in [0.4, 0.5) is 0 Å². The van der Waals surface area contributed by atoms with E-state index in [9.17, 15) is 0 Å². The summed E-state index contributed by atoms with van der Waals surface area (Å²) in [6.07, 6.45) is 7.12. The van der Waals surface area contributed by atoms with Crippen LogP contribution < -0.4 is 3.87 Å². The second kappa shape index (κ2) is 6.05. The Balaban J connectivity index is 0.00000113. The van der Waals surface area contributed by atoms with Crippen molar-refractivity contribution < 1.29 is 20.0 Å². The monoisotopic (exact) mass is 353 g/mol. The van der Waals surface area contributed by atoms with Crippen LogP contribution in [0.15, 0.2) is 64.1 Å². The Bertz CT molecular complexity index is 840. The average Bonchev–Trinajstić information content (AvgIpc) is 3.12. The van der Waals surface area contributed by atoms with Gasteiger partial charge < -0.3 is 2.85 Å². The molecule has 0 N–H and O–H groups in total. The molecule has 2 aromatic carbocycles. The van der Waals surface area contributed by atoms with Gasteiger partial charge in [0.25, 0.3) is 0 Å². The quantitative estimate of drug-likeness (QED) is 0.585. The molecule has 0 aromatic heterocycles. The van der Waals surface area contributed by atoms with Gasteiger partial charge in [-0.1, -0.05) is 0 Å². The molecule has 0 saturated heterocycles. The zero-order chi connectivity index (χ0) is 16.0. The van der Waals surface area contributed by atoms with Crippen molar-refractivity contribution in [1.82, 2.24) is 0 Å². The molecule has 2 aliphatic carbocycles. The van der Waals surface area contributed by atoms with Gasteiger partial charge in [0.2, 0.25) is 0 Å². The van der Waals surface area contributed by atoms with Crippen LogP contribution in [0.5, 0.6) is 0 Å². The standard InChI is InChI=1S/C13H9.C6H7.C2H7Si.Ti.2H/c1-3-7-12-10(5-1)9-11-6-2-4-8-13(11)12;1-6-4-2-3-5-6;1-3-2;;;/h1-5,7-8H,9H2;2,4H,3H2,1H3;3H,1-2H3;;;/q;;;+2;2*-1. The van der Waals surface area contributed by atoms with Crippen molar-refractivity contribution in [3.8, 4) is 11.1 Å². The molecule has 2 heteroatoms. The number of rotatable bonds is 3. The second-order valence-electron chi connectivity index (χ2n) is 7.00. The molecule has 0 amide bonds. The summed E-state index contributed by atoms with van der Waals surface area (Å²) in [5.41, 5.74) is 7.75. The van der Waals surface area contributed by atoms with Crippen LogP contribution in [0.3, 0.4) is 0 Å². The van der Waals surface area contributed by atoms with Gasteiger partial charge in [-0.15, -0.1) is 0 Å². The van der Waals surface area contributed by atoms with Crippen LogP contribution in [0.25, 0.3) is 11.1 Å². The maximum absolute atomic E-state index is 2.58. The molecule has 0 radical (unpaired) electrons. The maximum Gasteiger partial charge on any atom is -1.00 e. The zero-order valence-corrected chi connectivity index (χ0v) is 16.9. The minimum absolute atomic E-state index is 0. The van der Waals surface area contributed by atoms with E-state index in [1.807, 2.05) is 3.88 Å². The van der Waals surface area contributed by atoms with Crippen molar-refractivity contribution in [2.45, 2.75) is 32.9 Å². The Kier molecular flexibility index (Phi) is 4.05. The molecule has 117 valence electrons. The van der Waals surface area contributed by atoms with E-state index in [2.05, 4.69) is 74.6 Å². The third-order valence-electron chi connectivity index (χ3n) is 5.21. The third-order valence-corrected chi connectivity index (χ3v) is 18.1. The number of hydrogen-bond donors (Lipinski definition) is 0. The van der Waals surface area contributed by atoms with Crippen LogP contribution >= 0.6 is 0 Å². The number of allylic oxidation sites excluding steroid dienone is 4. The Morgan fingerprint density at radius 2 is 1.78 bits per heavy atom. The van der Waals surface area contributed by atoms with E-state index in [1.54, 1.807) is 15.0 Å². The molecule has 0 heterocycles. The Labute approximate surface area is 149 Å². The summed E-state index contributed by atoms with van der Waals surface area (Å²) >= 11 is -1.33. The van der Waals surface area contributed by atoms with Crippen LogP contribution in [0, 0.1) is 0 Å². The molecule has 2 aromatic rings. The maximum atomic E-state index is 2.58. The van der Waals surface area contributed by atoms with Crippen LogP contribution in [0.2, 0.25) is 13.1 Å². The summed E-state index contributed by atoms with van der Waals surface area (Å²) in [5, 5.41) is 0. The van der Waals surface area contributed by atoms with Crippen LogP contribution in [-0.2, 0) is 23.5 Å².